The number of thiophene rings is 1. The van der Waals surface area contributed by atoms with Gasteiger partial charge in [-0.2, -0.15) is 0 Å². The predicted molar refractivity (Wildman–Crippen MR) is 124 cm³/mol. The van der Waals surface area contributed by atoms with Gasteiger partial charge in [0.05, 0.1) is 18.7 Å². The Morgan fingerprint density at radius 1 is 1.25 bits per heavy atom. The number of nitrogens with one attached hydrogen (secondary N) is 1. The Morgan fingerprint density at radius 2 is 2.04 bits per heavy atom. The van der Waals surface area contributed by atoms with Gasteiger partial charge in [0.2, 0.25) is 0 Å². The molecule has 3 rings (SSSR count). The fourth-order valence-corrected chi connectivity index (χ4v) is 4.66. The van der Waals surface area contributed by atoms with Gasteiger partial charge in [-0.25, -0.2) is 0 Å². The first-order valence-corrected chi connectivity index (χ1v) is 11.5. The van der Waals surface area contributed by atoms with Gasteiger partial charge in [-0.1, -0.05) is 30.5 Å². The number of methoxy groups -OCH3 is 1. The number of hydrogen-bond donors (Lipinski definition) is 1. The summed E-state index contributed by atoms with van der Waals surface area (Å²) in [7, 11) is 1.62. The van der Waals surface area contributed by atoms with Gasteiger partial charge in [0.25, 0.3) is 0 Å². The highest BCUT2D eigenvalue weighted by atomic mass is 35.5. The maximum absolute atomic E-state index is 6.26. The molecule has 28 heavy (non-hydrogen) atoms. The smallest absolute Gasteiger partial charge is 0.173 e. The zero-order valence-corrected chi connectivity index (χ0v) is 18.7. The number of rotatable bonds is 7. The third kappa shape index (κ3) is 6.34. The molecular formula is C21H28ClN3OS2. The Labute approximate surface area is 182 Å². The molecule has 1 aliphatic heterocycles. The Morgan fingerprint density at radius 3 is 2.68 bits per heavy atom. The highest BCUT2D eigenvalue weighted by Gasteiger charge is 2.15. The monoisotopic (exact) mass is 437 g/mol. The van der Waals surface area contributed by atoms with Crippen LogP contribution in [0.1, 0.15) is 30.6 Å². The van der Waals surface area contributed by atoms with E-state index in [0.717, 1.165) is 30.4 Å². The molecule has 2 heterocycles. The molecule has 0 radical (unpaired) electrons. The number of halogens is 1. The maximum Gasteiger partial charge on any atom is 0.173 e. The van der Waals surface area contributed by atoms with Crippen LogP contribution in [0.25, 0.3) is 0 Å². The lowest BCUT2D eigenvalue weighted by atomic mass is 10.2. The summed E-state index contributed by atoms with van der Waals surface area (Å²) >= 11 is 13.8. The normalized spacial score (nSPS) is 15.1. The number of benzene rings is 1. The van der Waals surface area contributed by atoms with Crippen molar-refractivity contribution in [2.24, 2.45) is 0 Å². The Hall–Kier alpha value is -1.34. The molecule has 7 heteroatoms. The molecule has 0 atom stereocenters. The molecule has 4 nitrogen and oxygen atoms in total. The summed E-state index contributed by atoms with van der Waals surface area (Å²) in [6.07, 6.45) is 5.32. The lowest BCUT2D eigenvalue weighted by Gasteiger charge is -2.29. The fourth-order valence-electron chi connectivity index (χ4n) is 3.41. The van der Waals surface area contributed by atoms with Crippen LogP contribution in [0.15, 0.2) is 35.7 Å². The first-order chi connectivity index (χ1) is 13.7. The molecule has 2 aromatic rings. The van der Waals surface area contributed by atoms with E-state index >= 15 is 0 Å². The molecule has 0 spiro atoms. The van der Waals surface area contributed by atoms with E-state index in [4.69, 9.17) is 28.6 Å². The number of nitrogens with zero attached hydrogens (tertiary/aromatic N) is 2. The zero-order valence-electron chi connectivity index (χ0n) is 16.3. The van der Waals surface area contributed by atoms with Crippen molar-refractivity contribution in [3.8, 4) is 5.75 Å². The van der Waals surface area contributed by atoms with E-state index < -0.39 is 0 Å². The average molecular weight is 438 g/mol. The lowest BCUT2D eigenvalue weighted by Crippen LogP contribution is -2.40. The minimum absolute atomic E-state index is 0.574. The summed E-state index contributed by atoms with van der Waals surface area (Å²) in [5.74, 6) is 0.662. The van der Waals surface area contributed by atoms with Crippen LogP contribution in [-0.4, -0.2) is 48.2 Å². The van der Waals surface area contributed by atoms with E-state index in [1.165, 1.54) is 43.6 Å². The van der Waals surface area contributed by atoms with Gasteiger partial charge in [0, 0.05) is 23.7 Å². The number of likely N-dealkylation sites (tertiary alicyclic amines) is 1. The standard InChI is InChI=1S/C21H28ClN3OS2/c1-26-20-9-8-17(15-19(20)22)23-21(27)25(16-18-7-6-14-28-18)13-12-24-10-4-2-3-5-11-24/h6-9,14-15H,2-5,10-13,16H2,1H3,(H,23,27). The van der Waals surface area contributed by atoms with Gasteiger partial charge in [-0.3, -0.25) is 0 Å². The molecule has 0 aliphatic carbocycles. The molecule has 0 saturated carbocycles. The molecule has 1 aliphatic rings. The van der Waals surface area contributed by atoms with Crippen LogP contribution < -0.4 is 10.1 Å². The van der Waals surface area contributed by atoms with Crippen molar-refractivity contribution in [3.63, 3.8) is 0 Å². The summed E-state index contributed by atoms with van der Waals surface area (Å²) in [5.41, 5.74) is 0.877. The third-order valence-electron chi connectivity index (χ3n) is 5.00. The topological polar surface area (TPSA) is 27.7 Å². The van der Waals surface area contributed by atoms with E-state index in [0.29, 0.717) is 10.8 Å². The molecular weight excluding hydrogens is 410 g/mol. The molecule has 1 fully saturated rings. The van der Waals surface area contributed by atoms with E-state index in [2.05, 4.69) is 32.6 Å². The highest BCUT2D eigenvalue weighted by molar-refractivity contribution is 7.80. The number of ether oxygens (including phenoxy) is 1. The Bertz CT molecular complexity index is 746. The van der Waals surface area contributed by atoms with Gasteiger partial charge < -0.3 is 19.9 Å². The minimum atomic E-state index is 0.574. The molecule has 1 saturated heterocycles. The van der Waals surface area contributed by atoms with Gasteiger partial charge >= 0.3 is 0 Å². The predicted octanol–water partition coefficient (Wildman–Crippen LogP) is 5.49. The lowest BCUT2D eigenvalue weighted by molar-refractivity contribution is 0.253. The van der Waals surface area contributed by atoms with Crippen molar-refractivity contribution in [1.29, 1.82) is 0 Å². The van der Waals surface area contributed by atoms with Gasteiger partial charge in [-0.05, 0) is 67.8 Å². The van der Waals surface area contributed by atoms with Crippen molar-refractivity contribution < 1.29 is 4.74 Å². The van der Waals surface area contributed by atoms with E-state index in [-0.39, 0.29) is 0 Å². The van der Waals surface area contributed by atoms with Crippen molar-refractivity contribution in [2.75, 3.05) is 38.6 Å². The van der Waals surface area contributed by atoms with Crippen LogP contribution in [0.4, 0.5) is 5.69 Å². The molecule has 0 amide bonds. The first kappa shape index (κ1) is 21.4. The molecule has 152 valence electrons. The summed E-state index contributed by atoms with van der Waals surface area (Å²) in [6.45, 7) is 5.16. The largest absolute Gasteiger partial charge is 0.495 e. The molecule has 1 aromatic carbocycles. The van der Waals surface area contributed by atoms with Crippen molar-refractivity contribution in [3.05, 3.63) is 45.6 Å². The van der Waals surface area contributed by atoms with Gasteiger partial charge in [-0.15, -0.1) is 11.3 Å². The van der Waals surface area contributed by atoms with Crippen LogP contribution in [0.2, 0.25) is 5.02 Å². The number of hydrogen-bond acceptors (Lipinski definition) is 4. The SMILES string of the molecule is COc1ccc(NC(=S)N(CCN2CCCCCC2)Cc2cccs2)cc1Cl. The Kier molecular flexibility index (Phi) is 8.40. The van der Waals surface area contributed by atoms with Crippen LogP contribution in [0, 0.1) is 0 Å². The first-order valence-electron chi connectivity index (χ1n) is 9.80. The minimum Gasteiger partial charge on any atom is -0.495 e. The van der Waals surface area contributed by atoms with Crippen molar-refractivity contribution >= 4 is 46.0 Å². The molecule has 1 aromatic heterocycles. The second-order valence-corrected chi connectivity index (χ2v) is 8.86. The summed E-state index contributed by atoms with van der Waals surface area (Å²) in [6, 6.07) is 9.90. The van der Waals surface area contributed by atoms with Crippen LogP contribution >= 0.6 is 35.2 Å². The van der Waals surface area contributed by atoms with Crippen LogP contribution in [0.5, 0.6) is 5.75 Å². The van der Waals surface area contributed by atoms with Gasteiger partial charge in [0.1, 0.15) is 5.75 Å². The van der Waals surface area contributed by atoms with E-state index in [9.17, 15) is 0 Å². The van der Waals surface area contributed by atoms with Crippen LogP contribution in [0.3, 0.4) is 0 Å². The number of anilines is 1. The summed E-state index contributed by atoms with van der Waals surface area (Å²) in [4.78, 5) is 6.14. The van der Waals surface area contributed by atoms with Crippen LogP contribution in [-0.2, 0) is 6.54 Å². The third-order valence-corrected chi connectivity index (χ3v) is 6.52. The molecule has 0 unspecified atom stereocenters. The second-order valence-electron chi connectivity index (χ2n) is 7.04. The fraction of sp³-hybridized carbons (Fsp3) is 0.476. The number of thiocarbonyl (C=S) groups is 1. The quantitative estimate of drug-likeness (QED) is 0.578. The zero-order chi connectivity index (χ0) is 19.8. The molecule has 0 bridgehead atoms. The average Bonchev–Trinajstić information content (AvgIpc) is 3.06. The summed E-state index contributed by atoms with van der Waals surface area (Å²) in [5, 5.41) is 6.76. The van der Waals surface area contributed by atoms with Crippen molar-refractivity contribution in [1.82, 2.24) is 9.80 Å². The highest BCUT2D eigenvalue weighted by Crippen LogP contribution is 2.27. The van der Waals surface area contributed by atoms with Gasteiger partial charge in [0.15, 0.2) is 5.11 Å². The van der Waals surface area contributed by atoms with Crippen molar-refractivity contribution in [2.45, 2.75) is 32.2 Å². The van der Waals surface area contributed by atoms with E-state index in [1.54, 1.807) is 18.4 Å². The van der Waals surface area contributed by atoms with E-state index in [1.807, 2.05) is 18.2 Å². The molecule has 1 N–H and O–H groups in total. The summed E-state index contributed by atoms with van der Waals surface area (Å²) < 4.78 is 5.23. The Balaban J connectivity index is 1.64. The maximum atomic E-state index is 6.26. The second kappa shape index (κ2) is 11.0.